The average molecular weight is 326 g/mol. The van der Waals surface area contributed by atoms with Crippen LogP contribution in [0.15, 0.2) is 42.5 Å². The number of nitrogens with zero attached hydrogens (tertiary/aromatic N) is 1. The van der Waals surface area contributed by atoms with Gasteiger partial charge in [0.05, 0.1) is 5.56 Å². The molecule has 126 valence electrons. The van der Waals surface area contributed by atoms with Gasteiger partial charge in [-0.05, 0) is 55.6 Å². The number of carbonyl (C=O) groups is 1. The van der Waals surface area contributed by atoms with Gasteiger partial charge >= 0.3 is 0 Å². The van der Waals surface area contributed by atoms with Crippen LogP contribution in [0.3, 0.4) is 0 Å². The van der Waals surface area contributed by atoms with Crippen LogP contribution >= 0.6 is 0 Å². The van der Waals surface area contributed by atoms with E-state index >= 15 is 0 Å². The van der Waals surface area contributed by atoms with Crippen molar-refractivity contribution >= 4 is 5.91 Å². The van der Waals surface area contributed by atoms with Gasteiger partial charge in [0.1, 0.15) is 5.82 Å². The molecule has 4 heteroatoms. The number of amides is 1. The third-order valence-corrected chi connectivity index (χ3v) is 4.90. The maximum atomic E-state index is 13.9. The minimum Gasteiger partial charge on any atom is -0.365 e. The van der Waals surface area contributed by atoms with E-state index in [9.17, 15) is 9.18 Å². The van der Waals surface area contributed by atoms with Gasteiger partial charge in [0.25, 0.3) is 5.91 Å². The molecule has 3 rings (SSSR count). The number of primary amides is 1. The van der Waals surface area contributed by atoms with E-state index in [-0.39, 0.29) is 5.56 Å². The lowest BCUT2D eigenvalue weighted by atomic mass is 9.96. The standard InChI is InChI=1S/C20H23FN2O/c1-14(23-12-3-2-4-13-23)15-8-10-16(11-9-15)17-6-5-7-18(21)19(17)20(22)24/h5-11,14H,2-4,12-13H2,1H3,(H2,22,24)/t14-/m1/s1. The van der Waals surface area contributed by atoms with Gasteiger partial charge in [-0.2, -0.15) is 0 Å². The largest absolute Gasteiger partial charge is 0.365 e. The monoisotopic (exact) mass is 326 g/mol. The second kappa shape index (κ2) is 7.14. The molecule has 0 unspecified atom stereocenters. The van der Waals surface area contributed by atoms with Crippen LogP contribution in [-0.4, -0.2) is 23.9 Å². The number of hydrogen-bond donors (Lipinski definition) is 1. The summed E-state index contributed by atoms with van der Waals surface area (Å²) in [5, 5.41) is 0. The molecule has 0 radical (unpaired) electrons. The van der Waals surface area contributed by atoms with Crippen molar-refractivity contribution < 1.29 is 9.18 Å². The molecule has 0 saturated carbocycles. The fourth-order valence-electron chi connectivity index (χ4n) is 3.47. The summed E-state index contributed by atoms with van der Waals surface area (Å²) in [6, 6.07) is 13.0. The van der Waals surface area contributed by atoms with Crippen molar-refractivity contribution in [3.8, 4) is 11.1 Å². The van der Waals surface area contributed by atoms with Crippen LogP contribution in [0.25, 0.3) is 11.1 Å². The fourth-order valence-corrected chi connectivity index (χ4v) is 3.47. The van der Waals surface area contributed by atoms with Gasteiger partial charge in [-0.25, -0.2) is 4.39 Å². The first kappa shape index (κ1) is 16.7. The van der Waals surface area contributed by atoms with Gasteiger partial charge in [0, 0.05) is 6.04 Å². The van der Waals surface area contributed by atoms with Gasteiger partial charge in [0.15, 0.2) is 0 Å². The van der Waals surface area contributed by atoms with E-state index in [4.69, 9.17) is 5.73 Å². The predicted octanol–water partition coefficient (Wildman–Crippen LogP) is 4.14. The van der Waals surface area contributed by atoms with Crippen LogP contribution in [0.5, 0.6) is 0 Å². The molecular weight excluding hydrogens is 303 g/mol. The minimum atomic E-state index is -0.742. The van der Waals surface area contributed by atoms with Gasteiger partial charge in [0.2, 0.25) is 0 Å². The third-order valence-electron chi connectivity index (χ3n) is 4.90. The Morgan fingerprint density at radius 3 is 2.38 bits per heavy atom. The number of hydrogen-bond acceptors (Lipinski definition) is 2. The van der Waals surface area contributed by atoms with E-state index in [1.165, 1.54) is 30.9 Å². The summed E-state index contributed by atoms with van der Waals surface area (Å²) in [5.41, 5.74) is 7.87. The molecule has 24 heavy (non-hydrogen) atoms. The number of rotatable bonds is 4. The molecule has 1 fully saturated rings. The van der Waals surface area contributed by atoms with Gasteiger partial charge in [-0.3, -0.25) is 9.69 Å². The van der Waals surface area contributed by atoms with Crippen LogP contribution in [-0.2, 0) is 0 Å². The lowest BCUT2D eigenvalue weighted by Crippen LogP contribution is -2.32. The highest BCUT2D eigenvalue weighted by molar-refractivity contribution is 6.00. The second-order valence-corrected chi connectivity index (χ2v) is 6.42. The zero-order chi connectivity index (χ0) is 17.1. The van der Waals surface area contributed by atoms with Crippen LogP contribution in [0, 0.1) is 5.82 Å². The smallest absolute Gasteiger partial charge is 0.252 e. The number of likely N-dealkylation sites (tertiary alicyclic amines) is 1. The molecule has 2 aromatic carbocycles. The Morgan fingerprint density at radius 2 is 1.75 bits per heavy atom. The average Bonchev–Trinajstić information content (AvgIpc) is 2.61. The molecule has 0 bridgehead atoms. The SMILES string of the molecule is C[C@H](c1ccc(-c2cccc(F)c2C(N)=O)cc1)N1CCCCC1. The number of piperidine rings is 1. The molecular formula is C20H23FN2O. The third kappa shape index (κ3) is 3.34. The first-order chi connectivity index (χ1) is 11.6. The molecule has 2 aromatic rings. The van der Waals surface area contributed by atoms with Crippen molar-refractivity contribution in [3.05, 3.63) is 59.4 Å². The predicted molar refractivity (Wildman–Crippen MR) is 94.2 cm³/mol. The zero-order valence-corrected chi connectivity index (χ0v) is 14.0. The summed E-state index contributed by atoms with van der Waals surface area (Å²) in [7, 11) is 0. The summed E-state index contributed by atoms with van der Waals surface area (Å²) < 4.78 is 13.9. The molecule has 1 aliphatic rings. The van der Waals surface area contributed by atoms with Crippen LogP contribution in [0.1, 0.15) is 48.1 Å². The summed E-state index contributed by atoms with van der Waals surface area (Å²) in [5.74, 6) is -1.32. The molecule has 0 spiro atoms. The molecule has 1 saturated heterocycles. The molecule has 1 aliphatic heterocycles. The molecule has 0 aliphatic carbocycles. The Morgan fingerprint density at radius 1 is 1.08 bits per heavy atom. The maximum absolute atomic E-state index is 13.9. The Balaban J connectivity index is 1.87. The van der Waals surface area contributed by atoms with Crippen LogP contribution < -0.4 is 5.73 Å². The minimum absolute atomic E-state index is 0.0469. The van der Waals surface area contributed by atoms with E-state index in [1.807, 2.05) is 12.1 Å². The summed E-state index contributed by atoms with van der Waals surface area (Å²) in [4.78, 5) is 14.1. The normalized spacial score (nSPS) is 16.8. The van der Waals surface area contributed by atoms with Crippen molar-refractivity contribution in [2.24, 2.45) is 5.73 Å². The molecule has 1 amide bonds. The topological polar surface area (TPSA) is 46.3 Å². The Bertz CT molecular complexity index is 721. The lowest BCUT2D eigenvalue weighted by Gasteiger charge is -2.32. The first-order valence-corrected chi connectivity index (χ1v) is 8.50. The number of benzene rings is 2. The highest BCUT2D eigenvalue weighted by Crippen LogP contribution is 2.29. The van der Waals surface area contributed by atoms with E-state index < -0.39 is 11.7 Å². The zero-order valence-electron chi connectivity index (χ0n) is 14.0. The molecule has 1 atom stereocenters. The van der Waals surface area contributed by atoms with E-state index in [0.717, 1.165) is 18.7 Å². The van der Waals surface area contributed by atoms with Crippen molar-refractivity contribution in [1.29, 1.82) is 0 Å². The van der Waals surface area contributed by atoms with Gasteiger partial charge < -0.3 is 5.73 Å². The van der Waals surface area contributed by atoms with Gasteiger partial charge in [-0.1, -0.05) is 42.8 Å². The summed E-state index contributed by atoms with van der Waals surface area (Å²) >= 11 is 0. The molecule has 0 aromatic heterocycles. The fraction of sp³-hybridized carbons (Fsp3) is 0.350. The quantitative estimate of drug-likeness (QED) is 0.918. The van der Waals surface area contributed by atoms with Crippen LogP contribution in [0.4, 0.5) is 4.39 Å². The van der Waals surface area contributed by atoms with Crippen LogP contribution in [0.2, 0.25) is 0 Å². The van der Waals surface area contributed by atoms with Gasteiger partial charge in [-0.15, -0.1) is 0 Å². The van der Waals surface area contributed by atoms with E-state index in [2.05, 4.69) is 24.0 Å². The number of carbonyl (C=O) groups excluding carboxylic acids is 1. The molecule has 3 nitrogen and oxygen atoms in total. The molecule has 1 heterocycles. The Hall–Kier alpha value is -2.20. The lowest BCUT2D eigenvalue weighted by molar-refractivity contribution is 0.0997. The number of halogens is 1. The van der Waals surface area contributed by atoms with E-state index in [0.29, 0.717) is 11.6 Å². The first-order valence-electron chi connectivity index (χ1n) is 8.50. The molecule has 2 N–H and O–H groups in total. The highest BCUT2D eigenvalue weighted by Gasteiger charge is 2.19. The van der Waals surface area contributed by atoms with Crippen molar-refractivity contribution in [2.75, 3.05) is 13.1 Å². The number of nitrogens with two attached hydrogens (primary N) is 1. The van der Waals surface area contributed by atoms with Crippen molar-refractivity contribution in [3.63, 3.8) is 0 Å². The van der Waals surface area contributed by atoms with Crippen molar-refractivity contribution in [1.82, 2.24) is 4.90 Å². The highest BCUT2D eigenvalue weighted by atomic mass is 19.1. The maximum Gasteiger partial charge on any atom is 0.252 e. The summed E-state index contributed by atoms with van der Waals surface area (Å²) in [6.45, 7) is 4.49. The Kier molecular flexibility index (Phi) is 4.95. The Labute approximate surface area is 142 Å². The van der Waals surface area contributed by atoms with Crippen molar-refractivity contribution in [2.45, 2.75) is 32.2 Å². The summed E-state index contributed by atoms with van der Waals surface area (Å²) in [6.07, 6.45) is 3.83. The van der Waals surface area contributed by atoms with E-state index in [1.54, 1.807) is 12.1 Å². The second-order valence-electron chi connectivity index (χ2n) is 6.42.